The van der Waals surface area contributed by atoms with Crippen LogP contribution in [0.15, 0.2) is 12.3 Å². The van der Waals surface area contributed by atoms with Gasteiger partial charge in [0.2, 0.25) is 0 Å². The Kier molecular flexibility index (Phi) is 4.58. The quantitative estimate of drug-likeness (QED) is 0.863. The molecule has 2 aliphatic rings. The minimum atomic E-state index is 0.543. The van der Waals surface area contributed by atoms with Crippen molar-refractivity contribution in [3.8, 4) is 6.07 Å². The van der Waals surface area contributed by atoms with Crippen LogP contribution in [0.3, 0.4) is 0 Å². The third-order valence-electron chi connectivity index (χ3n) is 5.67. The number of nitrogens with zero attached hydrogens (tertiary/aromatic N) is 6. The van der Waals surface area contributed by atoms with E-state index in [1.54, 1.807) is 0 Å². The molecule has 0 aliphatic carbocycles. The van der Waals surface area contributed by atoms with Crippen LogP contribution in [0.1, 0.15) is 60.9 Å². The Morgan fingerprint density at radius 1 is 1.16 bits per heavy atom. The molecule has 132 valence electrons. The lowest BCUT2D eigenvalue weighted by Crippen LogP contribution is -2.33. The zero-order chi connectivity index (χ0) is 17.2. The summed E-state index contributed by atoms with van der Waals surface area (Å²) >= 11 is 0. The lowest BCUT2D eigenvalue weighted by atomic mass is 9.95. The zero-order valence-corrected chi connectivity index (χ0v) is 15.0. The van der Waals surface area contributed by atoms with Crippen molar-refractivity contribution < 1.29 is 0 Å². The number of piperidine rings is 1. The van der Waals surface area contributed by atoms with Gasteiger partial charge < -0.3 is 9.13 Å². The average Bonchev–Trinajstić information content (AvgIpc) is 3.10. The molecule has 0 atom stereocenters. The van der Waals surface area contributed by atoms with Gasteiger partial charge in [-0.15, -0.1) is 10.2 Å². The number of likely N-dealkylation sites (tertiary alicyclic amines) is 1. The molecule has 6 heteroatoms. The van der Waals surface area contributed by atoms with Crippen molar-refractivity contribution >= 4 is 0 Å². The molecule has 4 rings (SSSR count). The molecule has 0 N–H and O–H groups in total. The fourth-order valence-corrected chi connectivity index (χ4v) is 4.25. The minimum absolute atomic E-state index is 0.543. The maximum atomic E-state index is 9.10. The summed E-state index contributed by atoms with van der Waals surface area (Å²) in [6.45, 7) is 4.20. The molecular weight excluding hydrogens is 312 g/mol. The molecule has 0 amide bonds. The molecule has 2 aromatic heterocycles. The van der Waals surface area contributed by atoms with E-state index in [1.807, 2.05) is 17.7 Å². The number of aryl methyl sites for hydroxylation is 2. The van der Waals surface area contributed by atoms with E-state index < -0.39 is 0 Å². The molecule has 2 aliphatic heterocycles. The molecule has 0 aromatic carbocycles. The summed E-state index contributed by atoms with van der Waals surface area (Å²) in [5.41, 5.74) is 1.96. The SMILES string of the molecule is Cn1cc(CN2CCC(c3nnc4n3CCCCC4)CC2)cc1C#N. The van der Waals surface area contributed by atoms with Gasteiger partial charge in [0.15, 0.2) is 0 Å². The van der Waals surface area contributed by atoms with E-state index in [9.17, 15) is 0 Å². The van der Waals surface area contributed by atoms with Crippen molar-refractivity contribution in [3.05, 3.63) is 35.2 Å². The third-order valence-corrected chi connectivity index (χ3v) is 5.67. The van der Waals surface area contributed by atoms with Gasteiger partial charge in [-0.05, 0) is 50.4 Å². The summed E-state index contributed by atoms with van der Waals surface area (Å²) in [5.74, 6) is 2.97. The first-order chi connectivity index (χ1) is 12.2. The van der Waals surface area contributed by atoms with E-state index in [0.29, 0.717) is 5.92 Å². The van der Waals surface area contributed by atoms with Gasteiger partial charge in [-0.25, -0.2) is 0 Å². The highest BCUT2D eigenvalue weighted by atomic mass is 15.3. The van der Waals surface area contributed by atoms with Gasteiger partial charge in [0.25, 0.3) is 0 Å². The average molecular weight is 338 g/mol. The molecule has 0 saturated carbocycles. The van der Waals surface area contributed by atoms with Crippen LogP contribution in [-0.2, 0) is 26.6 Å². The summed E-state index contributed by atoms with van der Waals surface area (Å²) in [6.07, 6.45) is 9.27. The smallest absolute Gasteiger partial charge is 0.136 e. The summed E-state index contributed by atoms with van der Waals surface area (Å²) in [5, 5.41) is 18.1. The number of aromatic nitrogens is 4. The van der Waals surface area contributed by atoms with Crippen LogP contribution in [0.25, 0.3) is 0 Å². The first-order valence-electron chi connectivity index (χ1n) is 9.44. The van der Waals surface area contributed by atoms with E-state index in [-0.39, 0.29) is 0 Å². The Morgan fingerprint density at radius 2 is 2.00 bits per heavy atom. The largest absolute Gasteiger partial charge is 0.342 e. The van der Waals surface area contributed by atoms with Crippen molar-refractivity contribution in [2.75, 3.05) is 13.1 Å². The standard InChI is InChI=1S/C19H26N6/c1-23-13-15(11-17(23)12-20)14-24-9-6-16(7-10-24)19-22-21-18-5-3-2-4-8-25(18)19/h11,13,16H,2-10,14H2,1H3. The molecular formula is C19H26N6. The van der Waals surface area contributed by atoms with E-state index >= 15 is 0 Å². The second-order valence-corrected chi connectivity index (χ2v) is 7.44. The lowest BCUT2D eigenvalue weighted by molar-refractivity contribution is 0.200. The summed E-state index contributed by atoms with van der Waals surface area (Å²) in [4.78, 5) is 2.49. The maximum Gasteiger partial charge on any atom is 0.136 e. The van der Waals surface area contributed by atoms with Crippen LogP contribution in [0.5, 0.6) is 0 Å². The zero-order valence-electron chi connectivity index (χ0n) is 15.0. The summed E-state index contributed by atoms with van der Waals surface area (Å²) in [7, 11) is 1.94. The van der Waals surface area contributed by atoms with Gasteiger partial charge in [-0.2, -0.15) is 5.26 Å². The van der Waals surface area contributed by atoms with Gasteiger partial charge in [-0.3, -0.25) is 4.90 Å². The third kappa shape index (κ3) is 3.34. The van der Waals surface area contributed by atoms with E-state index in [1.165, 1.54) is 36.5 Å². The molecule has 0 bridgehead atoms. The summed E-state index contributed by atoms with van der Waals surface area (Å²) < 4.78 is 4.32. The van der Waals surface area contributed by atoms with E-state index in [4.69, 9.17) is 5.26 Å². The second kappa shape index (κ2) is 7.01. The van der Waals surface area contributed by atoms with Gasteiger partial charge >= 0.3 is 0 Å². The minimum Gasteiger partial charge on any atom is -0.342 e. The summed E-state index contributed by atoms with van der Waals surface area (Å²) in [6, 6.07) is 4.24. The first-order valence-corrected chi connectivity index (χ1v) is 9.44. The number of nitriles is 1. The fraction of sp³-hybridized carbons (Fsp3) is 0.632. The van der Waals surface area contributed by atoms with Crippen LogP contribution >= 0.6 is 0 Å². The number of fused-ring (bicyclic) bond motifs is 1. The number of rotatable bonds is 3. The highest BCUT2D eigenvalue weighted by molar-refractivity contribution is 5.28. The number of hydrogen-bond donors (Lipinski definition) is 0. The van der Waals surface area contributed by atoms with Crippen molar-refractivity contribution in [2.45, 2.75) is 57.5 Å². The second-order valence-electron chi connectivity index (χ2n) is 7.44. The Hall–Kier alpha value is -2.13. The molecule has 0 radical (unpaired) electrons. The Morgan fingerprint density at radius 3 is 2.76 bits per heavy atom. The highest BCUT2D eigenvalue weighted by Gasteiger charge is 2.26. The van der Waals surface area contributed by atoms with Gasteiger partial charge in [-0.1, -0.05) is 6.42 Å². The van der Waals surface area contributed by atoms with Crippen LogP contribution < -0.4 is 0 Å². The Balaban J connectivity index is 1.38. The Bertz CT molecular complexity index is 772. The van der Waals surface area contributed by atoms with Crippen LogP contribution in [0, 0.1) is 11.3 Å². The van der Waals surface area contributed by atoms with E-state index in [0.717, 1.165) is 51.1 Å². The van der Waals surface area contributed by atoms with Gasteiger partial charge in [0, 0.05) is 38.7 Å². The lowest BCUT2D eigenvalue weighted by Gasteiger charge is -2.31. The van der Waals surface area contributed by atoms with E-state index in [2.05, 4.69) is 31.9 Å². The molecule has 0 unspecified atom stereocenters. The molecule has 1 saturated heterocycles. The molecule has 1 fully saturated rings. The molecule has 6 nitrogen and oxygen atoms in total. The van der Waals surface area contributed by atoms with Crippen molar-refractivity contribution in [2.24, 2.45) is 7.05 Å². The Labute approximate surface area is 149 Å². The molecule has 25 heavy (non-hydrogen) atoms. The van der Waals surface area contributed by atoms with Gasteiger partial charge in [0.05, 0.1) is 0 Å². The number of hydrogen-bond acceptors (Lipinski definition) is 4. The predicted octanol–water partition coefficient (Wildman–Crippen LogP) is 2.59. The van der Waals surface area contributed by atoms with Crippen molar-refractivity contribution in [1.82, 2.24) is 24.2 Å². The molecule has 4 heterocycles. The molecule has 2 aromatic rings. The first kappa shape index (κ1) is 16.3. The fourth-order valence-electron chi connectivity index (χ4n) is 4.25. The highest BCUT2D eigenvalue weighted by Crippen LogP contribution is 2.29. The van der Waals surface area contributed by atoms with Crippen LogP contribution in [-0.4, -0.2) is 37.3 Å². The monoisotopic (exact) mass is 338 g/mol. The van der Waals surface area contributed by atoms with Crippen molar-refractivity contribution in [3.63, 3.8) is 0 Å². The topological polar surface area (TPSA) is 62.7 Å². The normalized spacial score (nSPS) is 19.4. The van der Waals surface area contributed by atoms with Crippen molar-refractivity contribution in [1.29, 1.82) is 5.26 Å². The van der Waals surface area contributed by atoms with Gasteiger partial charge in [0.1, 0.15) is 23.4 Å². The molecule has 0 spiro atoms. The van der Waals surface area contributed by atoms with Crippen LogP contribution in [0.4, 0.5) is 0 Å². The van der Waals surface area contributed by atoms with Crippen LogP contribution in [0.2, 0.25) is 0 Å². The maximum absolute atomic E-state index is 9.10. The predicted molar refractivity (Wildman–Crippen MR) is 95.0 cm³/mol.